The fourth-order valence-electron chi connectivity index (χ4n) is 2.54. The molecule has 118 valence electrons. The van der Waals surface area contributed by atoms with Crippen LogP contribution in [0.3, 0.4) is 0 Å². The molecule has 0 aliphatic carbocycles. The third-order valence-electron chi connectivity index (χ3n) is 3.64. The van der Waals surface area contributed by atoms with Crippen LogP contribution in [-0.2, 0) is 11.3 Å². The van der Waals surface area contributed by atoms with Crippen molar-refractivity contribution in [1.29, 1.82) is 5.26 Å². The lowest BCUT2D eigenvalue weighted by atomic mass is 10.1. The zero-order chi connectivity index (χ0) is 16.1. The van der Waals surface area contributed by atoms with E-state index in [2.05, 4.69) is 15.1 Å². The SMILES string of the molecule is N#Cc1nccnc1O[C@@H]1CCCN(C(=O)Cn2cccn2)C1. The molecule has 0 aromatic carbocycles. The van der Waals surface area contributed by atoms with E-state index in [1.165, 1.54) is 12.4 Å². The Bertz CT molecular complexity index is 709. The van der Waals surface area contributed by atoms with E-state index in [-0.39, 0.29) is 30.1 Å². The Morgan fingerprint density at radius 1 is 1.39 bits per heavy atom. The summed E-state index contributed by atoms with van der Waals surface area (Å²) < 4.78 is 7.38. The lowest BCUT2D eigenvalue weighted by molar-refractivity contribution is -0.134. The van der Waals surface area contributed by atoms with E-state index in [4.69, 9.17) is 10.00 Å². The molecular formula is C15H16N6O2. The molecule has 1 atom stereocenters. The molecule has 0 N–H and O–H groups in total. The molecule has 1 aliphatic heterocycles. The van der Waals surface area contributed by atoms with Crippen molar-refractivity contribution in [3.63, 3.8) is 0 Å². The first-order chi connectivity index (χ1) is 11.3. The number of nitrogens with zero attached hydrogens (tertiary/aromatic N) is 6. The number of carbonyl (C=O) groups is 1. The zero-order valence-corrected chi connectivity index (χ0v) is 12.5. The highest BCUT2D eigenvalue weighted by Gasteiger charge is 2.26. The van der Waals surface area contributed by atoms with Crippen LogP contribution in [0.25, 0.3) is 0 Å². The molecule has 23 heavy (non-hydrogen) atoms. The van der Waals surface area contributed by atoms with Crippen LogP contribution in [0.1, 0.15) is 18.5 Å². The number of likely N-dealkylation sites (tertiary alicyclic amines) is 1. The maximum atomic E-state index is 12.3. The Balaban J connectivity index is 1.62. The van der Waals surface area contributed by atoms with Crippen LogP contribution in [0.4, 0.5) is 0 Å². The number of piperidine rings is 1. The largest absolute Gasteiger partial charge is 0.470 e. The molecule has 1 fully saturated rings. The first-order valence-corrected chi connectivity index (χ1v) is 7.39. The minimum absolute atomic E-state index is 0.00153. The summed E-state index contributed by atoms with van der Waals surface area (Å²) in [5.41, 5.74) is 0.160. The monoisotopic (exact) mass is 312 g/mol. The zero-order valence-electron chi connectivity index (χ0n) is 12.5. The van der Waals surface area contributed by atoms with Gasteiger partial charge < -0.3 is 9.64 Å². The van der Waals surface area contributed by atoms with Crippen molar-refractivity contribution in [2.24, 2.45) is 0 Å². The van der Waals surface area contributed by atoms with Crippen LogP contribution in [0, 0.1) is 11.3 Å². The van der Waals surface area contributed by atoms with Gasteiger partial charge in [-0.2, -0.15) is 10.4 Å². The molecule has 0 bridgehead atoms. The molecule has 3 heterocycles. The van der Waals surface area contributed by atoms with Crippen LogP contribution in [0.5, 0.6) is 5.88 Å². The number of aromatic nitrogens is 4. The van der Waals surface area contributed by atoms with E-state index in [9.17, 15) is 4.79 Å². The summed E-state index contributed by atoms with van der Waals surface area (Å²) in [7, 11) is 0. The number of rotatable bonds is 4. The van der Waals surface area contributed by atoms with Crippen LogP contribution < -0.4 is 4.74 Å². The fraction of sp³-hybridized carbons (Fsp3) is 0.400. The highest BCUT2D eigenvalue weighted by molar-refractivity contribution is 5.76. The van der Waals surface area contributed by atoms with Crippen molar-refractivity contribution in [2.75, 3.05) is 13.1 Å². The number of nitriles is 1. The van der Waals surface area contributed by atoms with Gasteiger partial charge in [0.15, 0.2) is 0 Å². The molecule has 1 amide bonds. The van der Waals surface area contributed by atoms with Gasteiger partial charge in [0.05, 0.1) is 6.54 Å². The average molecular weight is 312 g/mol. The maximum Gasteiger partial charge on any atom is 0.251 e. The van der Waals surface area contributed by atoms with Gasteiger partial charge in [-0.3, -0.25) is 9.48 Å². The normalized spacial score (nSPS) is 17.5. The number of carbonyl (C=O) groups excluding carboxylic acids is 1. The first-order valence-electron chi connectivity index (χ1n) is 7.39. The quantitative estimate of drug-likeness (QED) is 0.821. The average Bonchev–Trinajstić information content (AvgIpc) is 3.08. The van der Waals surface area contributed by atoms with Crippen molar-refractivity contribution >= 4 is 5.91 Å². The van der Waals surface area contributed by atoms with Crippen molar-refractivity contribution < 1.29 is 9.53 Å². The molecular weight excluding hydrogens is 296 g/mol. The molecule has 0 unspecified atom stereocenters. The predicted octanol–water partition coefficient (Wildman–Crippen LogP) is 0.615. The first kappa shape index (κ1) is 15.0. The Morgan fingerprint density at radius 2 is 2.26 bits per heavy atom. The lowest BCUT2D eigenvalue weighted by Gasteiger charge is -2.32. The van der Waals surface area contributed by atoms with E-state index < -0.39 is 0 Å². The van der Waals surface area contributed by atoms with Crippen molar-refractivity contribution in [3.8, 4) is 11.9 Å². The molecule has 2 aromatic rings. The number of hydrogen-bond donors (Lipinski definition) is 0. The third-order valence-corrected chi connectivity index (χ3v) is 3.64. The molecule has 0 radical (unpaired) electrons. The second kappa shape index (κ2) is 6.87. The molecule has 8 nitrogen and oxygen atoms in total. The van der Waals surface area contributed by atoms with Crippen LogP contribution in [-0.4, -0.2) is 49.7 Å². The highest BCUT2D eigenvalue weighted by Crippen LogP contribution is 2.18. The summed E-state index contributed by atoms with van der Waals surface area (Å²) in [4.78, 5) is 22.1. The van der Waals surface area contributed by atoms with Gasteiger partial charge in [-0.1, -0.05) is 0 Å². The summed E-state index contributed by atoms with van der Waals surface area (Å²) >= 11 is 0. The Hall–Kier alpha value is -2.95. The van der Waals surface area contributed by atoms with Crippen LogP contribution >= 0.6 is 0 Å². The van der Waals surface area contributed by atoms with E-state index in [1.807, 2.05) is 6.07 Å². The van der Waals surface area contributed by atoms with Gasteiger partial charge in [0.2, 0.25) is 11.6 Å². The van der Waals surface area contributed by atoms with Crippen molar-refractivity contribution in [1.82, 2.24) is 24.6 Å². The van der Waals surface area contributed by atoms with Gasteiger partial charge in [0, 0.05) is 31.3 Å². The minimum atomic E-state index is -0.186. The molecule has 3 rings (SSSR count). The maximum absolute atomic E-state index is 12.3. The minimum Gasteiger partial charge on any atom is -0.470 e. The van der Waals surface area contributed by atoms with Gasteiger partial charge in [-0.05, 0) is 18.9 Å². The fourth-order valence-corrected chi connectivity index (χ4v) is 2.54. The summed E-state index contributed by atoms with van der Waals surface area (Å²) in [6, 6.07) is 3.74. The second-order valence-corrected chi connectivity index (χ2v) is 5.25. The lowest BCUT2D eigenvalue weighted by Crippen LogP contribution is -2.45. The van der Waals surface area contributed by atoms with Crippen molar-refractivity contribution in [2.45, 2.75) is 25.5 Å². The predicted molar refractivity (Wildman–Crippen MR) is 79.2 cm³/mol. The highest BCUT2D eigenvalue weighted by atomic mass is 16.5. The number of ether oxygens (including phenoxy) is 1. The third kappa shape index (κ3) is 3.63. The summed E-state index contributed by atoms with van der Waals surface area (Å²) in [6.07, 6.45) is 7.81. The van der Waals surface area contributed by atoms with Crippen molar-refractivity contribution in [3.05, 3.63) is 36.5 Å². The molecule has 8 heteroatoms. The number of hydrogen-bond acceptors (Lipinski definition) is 6. The van der Waals surface area contributed by atoms with Crippen LogP contribution in [0.2, 0.25) is 0 Å². The van der Waals surface area contributed by atoms with Gasteiger partial charge in [-0.25, -0.2) is 9.97 Å². The molecule has 2 aromatic heterocycles. The van der Waals surface area contributed by atoms with Gasteiger partial charge in [0.1, 0.15) is 18.7 Å². The summed E-state index contributed by atoms with van der Waals surface area (Å²) in [6.45, 7) is 1.39. The standard InChI is InChI=1S/C15H16N6O2/c16-9-13-15(18-6-5-17-13)23-12-3-1-7-20(10-12)14(22)11-21-8-2-4-19-21/h2,4-6,8,12H,1,3,7,10-11H2/t12-/m1/s1. The topological polar surface area (TPSA) is 96.9 Å². The van der Waals surface area contributed by atoms with Gasteiger partial charge >= 0.3 is 0 Å². The molecule has 0 spiro atoms. The van der Waals surface area contributed by atoms with E-state index >= 15 is 0 Å². The van der Waals surface area contributed by atoms with Gasteiger partial charge in [-0.15, -0.1) is 0 Å². The van der Waals surface area contributed by atoms with E-state index in [0.717, 1.165) is 12.8 Å². The summed E-state index contributed by atoms with van der Waals surface area (Å²) in [5, 5.41) is 13.1. The molecule has 1 aliphatic rings. The smallest absolute Gasteiger partial charge is 0.251 e. The molecule has 1 saturated heterocycles. The van der Waals surface area contributed by atoms with Crippen LogP contribution in [0.15, 0.2) is 30.9 Å². The second-order valence-electron chi connectivity index (χ2n) is 5.25. The molecule has 0 saturated carbocycles. The number of amides is 1. The Kier molecular flexibility index (Phi) is 4.47. The Labute approximate surface area is 133 Å². The van der Waals surface area contributed by atoms with Gasteiger partial charge in [0.25, 0.3) is 5.88 Å². The van der Waals surface area contributed by atoms with E-state index in [1.54, 1.807) is 28.0 Å². The summed E-state index contributed by atoms with van der Waals surface area (Å²) in [5.74, 6) is 0.225. The Morgan fingerprint density at radius 3 is 3.04 bits per heavy atom. The van der Waals surface area contributed by atoms with E-state index in [0.29, 0.717) is 13.1 Å².